The van der Waals surface area contributed by atoms with Crippen molar-refractivity contribution in [3.05, 3.63) is 42.5 Å². The fourth-order valence-corrected chi connectivity index (χ4v) is 4.36. The van der Waals surface area contributed by atoms with Gasteiger partial charge in [-0.3, -0.25) is 0 Å². The summed E-state index contributed by atoms with van der Waals surface area (Å²) in [6, 6.07) is 13.1. The highest BCUT2D eigenvalue weighted by molar-refractivity contribution is 7.89. The van der Waals surface area contributed by atoms with Crippen LogP contribution in [0, 0.1) is 0 Å². The van der Waals surface area contributed by atoms with Gasteiger partial charge in [-0.25, -0.2) is 8.42 Å². The maximum atomic E-state index is 12.8. The van der Waals surface area contributed by atoms with Crippen LogP contribution in [0.15, 0.2) is 47.4 Å². The van der Waals surface area contributed by atoms with Crippen LogP contribution in [-0.4, -0.2) is 31.9 Å². The number of sulfonamides is 1. The summed E-state index contributed by atoms with van der Waals surface area (Å²) in [5.74, 6) is 0. The molecule has 2 aromatic carbocycles. The van der Waals surface area contributed by atoms with E-state index in [1.807, 2.05) is 30.3 Å². The molecule has 1 fully saturated rings. The van der Waals surface area contributed by atoms with Crippen molar-refractivity contribution in [2.45, 2.75) is 23.8 Å². The van der Waals surface area contributed by atoms with Gasteiger partial charge >= 0.3 is 0 Å². The molecule has 6 heteroatoms. The number of hydrogen-bond donors (Lipinski definition) is 1. The highest BCUT2D eigenvalue weighted by Crippen LogP contribution is 2.27. The topological polar surface area (TPSA) is 63.4 Å². The third-order valence-electron chi connectivity index (χ3n) is 3.87. The molecule has 4 nitrogen and oxygen atoms in total. The fraction of sp³-hybridized carbons (Fsp3) is 0.333. The maximum Gasteiger partial charge on any atom is 0.243 e. The Kier molecular flexibility index (Phi) is 4.88. The minimum atomic E-state index is -3.43. The number of nitrogens with two attached hydrogens (primary N) is 1. The summed E-state index contributed by atoms with van der Waals surface area (Å²) in [6.45, 7) is 1.01. The van der Waals surface area contributed by atoms with Gasteiger partial charge in [0, 0.05) is 24.5 Å². The van der Waals surface area contributed by atoms with Gasteiger partial charge < -0.3 is 5.73 Å². The van der Waals surface area contributed by atoms with Crippen molar-refractivity contribution >= 4 is 33.2 Å². The molecule has 1 aliphatic rings. The standard InChI is InChI=1S/C15H18N2O2S.ClH/c16-13-8-10-17(11-9-13)20(18,19)15-7-3-5-12-4-1-2-6-14(12)15;/h1-7,13H,8-11,16H2;1H. The van der Waals surface area contributed by atoms with E-state index in [2.05, 4.69) is 0 Å². The Labute approximate surface area is 131 Å². The van der Waals surface area contributed by atoms with Crippen LogP contribution < -0.4 is 5.73 Å². The van der Waals surface area contributed by atoms with Crippen LogP contribution in [0.5, 0.6) is 0 Å². The molecule has 1 heterocycles. The Bertz CT molecular complexity index is 720. The van der Waals surface area contributed by atoms with Crippen LogP contribution in [0.3, 0.4) is 0 Å². The molecule has 0 aromatic heterocycles. The van der Waals surface area contributed by atoms with E-state index in [1.165, 1.54) is 0 Å². The molecule has 1 saturated heterocycles. The van der Waals surface area contributed by atoms with E-state index in [4.69, 9.17) is 5.73 Å². The Morgan fingerprint density at radius 3 is 2.33 bits per heavy atom. The maximum absolute atomic E-state index is 12.8. The zero-order valence-electron chi connectivity index (χ0n) is 11.6. The number of hydrogen-bond acceptors (Lipinski definition) is 3. The van der Waals surface area contributed by atoms with E-state index in [9.17, 15) is 8.42 Å². The monoisotopic (exact) mass is 326 g/mol. The molecule has 1 aliphatic heterocycles. The predicted octanol–water partition coefficient (Wildman–Crippen LogP) is 2.37. The van der Waals surface area contributed by atoms with Crippen molar-refractivity contribution in [3.8, 4) is 0 Å². The first kappa shape index (κ1) is 16.2. The first-order valence-corrected chi connectivity index (χ1v) is 8.26. The number of nitrogens with zero attached hydrogens (tertiary/aromatic N) is 1. The molecular weight excluding hydrogens is 308 g/mol. The molecule has 0 saturated carbocycles. The average molecular weight is 327 g/mol. The molecule has 114 valence electrons. The highest BCUT2D eigenvalue weighted by Gasteiger charge is 2.29. The van der Waals surface area contributed by atoms with E-state index >= 15 is 0 Å². The van der Waals surface area contributed by atoms with Crippen LogP contribution in [0.25, 0.3) is 10.8 Å². The van der Waals surface area contributed by atoms with Crippen LogP contribution in [-0.2, 0) is 10.0 Å². The van der Waals surface area contributed by atoms with Gasteiger partial charge in [0.05, 0.1) is 4.90 Å². The molecule has 0 amide bonds. The molecular formula is C15H19ClN2O2S. The van der Waals surface area contributed by atoms with E-state index in [-0.39, 0.29) is 18.4 Å². The number of fused-ring (bicyclic) bond motifs is 1. The fourth-order valence-electron chi connectivity index (χ4n) is 2.68. The Morgan fingerprint density at radius 2 is 1.62 bits per heavy atom. The Balaban J connectivity index is 0.00000161. The van der Waals surface area contributed by atoms with Gasteiger partial charge in [0.15, 0.2) is 0 Å². The summed E-state index contributed by atoms with van der Waals surface area (Å²) < 4.78 is 27.1. The summed E-state index contributed by atoms with van der Waals surface area (Å²) in [6.07, 6.45) is 1.45. The smallest absolute Gasteiger partial charge is 0.243 e. The summed E-state index contributed by atoms with van der Waals surface area (Å²) >= 11 is 0. The second kappa shape index (κ2) is 6.32. The molecule has 0 radical (unpaired) electrons. The summed E-state index contributed by atoms with van der Waals surface area (Å²) in [5.41, 5.74) is 5.85. The molecule has 0 bridgehead atoms. The Morgan fingerprint density at radius 1 is 1.00 bits per heavy atom. The first-order chi connectivity index (χ1) is 9.59. The number of benzene rings is 2. The molecule has 0 spiro atoms. The number of halogens is 1. The lowest BCUT2D eigenvalue weighted by molar-refractivity contribution is 0.320. The van der Waals surface area contributed by atoms with Crippen molar-refractivity contribution in [1.29, 1.82) is 0 Å². The molecule has 2 aromatic rings. The number of piperidine rings is 1. The van der Waals surface area contributed by atoms with Crippen molar-refractivity contribution in [2.75, 3.05) is 13.1 Å². The lowest BCUT2D eigenvalue weighted by Crippen LogP contribution is -2.42. The van der Waals surface area contributed by atoms with E-state index in [0.717, 1.165) is 23.6 Å². The average Bonchev–Trinajstić information content (AvgIpc) is 2.47. The van der Waals surface area contributed by atoms with Crippen molar-refractivity contribution in [2.24, 2.45) is 5.73 Å². The highest BCUT2D eigenvalue weighted by atomic mass is 35.5. The molecule has 0 atom stereocenters. The van der Waals surface area contributed by atoms with Gasteiger partial charge in [0.1, 0.15) is 0 Å². The van der Waals surface area contributed by atoms with Gasteiger partial charge in [-0.05, 0) is 24.3 Å². The van der Waals surface area contributed by atoms with Crippen molar-refractivity contribution in [3.63, 3.8) is 0 Å². The largest absolute Gasteiger partial charge is 0.328 e. The quantitative estimate of drug-likeness (QED) is 0.921. The van der Waals surface area contributed by atoms with Gasteiger partial charge in [-0.2, -0.15) is 4.31 Å². The van der Waals surface area contributed by atoms with Gasteiger partial charge in [0.25, 0.3) is 0 Å². The van der Waals surface area contributed by atoms with E-state index in [1.54, 1.807) is 16.4 Å². The zero-order chi connectivity index (χ0) is 14.2. The first-order valence-electron chi connectivity index (χ1n) is 6.82. The number of rotatable bonds is 2. The molecule has 3 rings (SSSR count). The van der Waals surface area contributed by atoms with Crippen LogP contribution in [0.2, 0.25) is 0 Å². The summed E-state index contributed by atoms with van der Waals surface area (Å²) in [5, 5.41) is 1.73. The summed E-state index contributed by atoms with van der Waals surface area (Å²) in [4.78, 5) is 0.395. The van der Waals surface area contributed by atoms with Gasteiger partial charge in [-0.15, -0.1) is 12.4 Å². The van der Waals surface area contributed by atoms with Crippen molar-refractivity contribution in [1.82, 2.24) is 4.31 Å². The van der Waals surface area contributed by atoms with Gasteiger partial charge in [0.2, 0.25) is 10.0 Å². The third kappa shape index (κ3) is 3.06. The van der Waals surface area contributed by atoms with Crippen LogP contribution in [0.1, 0.15) is 12.8 Å². The van der Waals surface area contributed by atoms with Crippen molar-refractivity contribution < 1.29 is 8.42 Å². The van der Waals surface area contributed by atoms with E-state index < -0.39 is 10.0 Å². The lowest BCUT2D eigenvalue weighted by Gasteiger charge is -2.29. The molecule has 0 unspecified atom stereocenters. The third-order valence-corrected chi connectivity index (χ3v) is 5.82. The van der Waals surface area contributed by atoms with Gasteiger partial charge in [-0.1, -0.05) is 36.4 Å². The molecule has 21 heavy (non-hydrogen) atoms. The molecule has 2 N–H and O–H groups in total. The van der Waals surface area contributed by atoms with Crippen LogP contribution in [0.4, 0.5) is 0 Å². The van der Waals surface area contributed by atoms with E-state index in [0.29, 0.717) is 18.0 Å². The predicted molar refractivity (Wildman–Crippen MR) is 87.2 cm³/mol. The summed E-state index contributed by atoms with van der Waals surface area (Å²) in [7, 11) is -3.43. The second-order valence-electron chi connectivity index (χ2n) is 5.22. The zero-order valence-corrected chi connectivity index (χ0v) is 13.2. The second-order valence-corrected chi connectivity index (χ2v) is 7.13. The minimum absolute atomic E-state index is 0. The minimum Gasteiger partial charge on any atom is -0.328 e. The van der Waals surface area contributed by atoms with Crippen LogP contribution >= 0.6 is 12.4 Å². The molecule has 0 aliphatic carbocycles. The SMILES string of the molecule is Cl.NC1CCN(S(=O)(=O)c2cccc3ccccc23)CC1. The Hall–Kier alpha value is -1.14. The lowest BCUT2D eigenvalue weighted by atomic mass is 10.1. The normalized spacial score (nSPS) is 17.6.